The summed E-state index contributed by atoms with van der Waals surface area (Å²) in [6, 6.07) is 15.8. The van der Waals surface area contributed by atoms with Crippen molar-refractivity contribution in [3.05, 3.63) is 77.9 Å². The van der Waals surface area contributed by atoms with Crippen LogP contribution in [0, 0.1) is 5.82 Å². The van der Waals surface area contributed by atoms with Crippen molar-refractivity contribution in [2.45, 2.75) is 25.8 Å². The van der Waals surface area contributed by atoms with Gasteiger partial charge in [0.1, 0.15) is 11.5 Å². The highest BCUT2D eigenvalue weighted by atomic mass is 19.1. The number of nitrogens with zero attached hydrogens (tertiary/aromatic N) is 3. The zero-order chi connectivity index (χ0) is 19.3. The molecule has 0 radical (unpaired) electrons. The Hall–Kier alpha value is -2.99. The lowest BCUT2D eigenvalue weighted by Crippen LogP contribution is -2.29. The number of carbonyl (C=O) groups is 1. The number of halogens is 1. The topological polar surface area (TPSA) is 50.2 Å². The monoisotopic (exact) mass is 378 g/mol. The molecule has 0 spiro atoms. The number of hydrogen-bond donors (Lipinski definition) is 1. The van der Waals surface area contributed by atoms with Crippen molar-refractivity contribution in [3.8, 4) is 5.69 Å². The maximum absolute atomic E-state index is 13.9. The summed E-state index contributed by atoms with van der Waals surface area (Å²) in [6.45, 7) is 3.15. The van der Waals surface area contributed by atoms with Crippen LogP contribution >= 0.6 is 0 Å². The fourth-order valence-corrected chi connectivity index (χ4v) is 3.54. The lowest BCUT2D eigenvalue weighted by Gasteiger charge is -2.26. The van der Waals surface area contributed by atoms with Gasteiger partial charge in [0.25, 0.3) is 5.91 Å². The molecule has 1 aliphatic heterocycles. The normalized spacial score (nSPS) is 14.8. The van der Waals surface area contributed by atoms with Crippen LogP contribution in [0.3, 0.4) is 0 Å². The van der Waals surface area contributed by atoms with E-state index in [1.165, 1.54) is 35.6 Å². The molecule has 0 aliphatic carbocycles. The van der Waals surface area contributed by atoms with Crippen molar-refractivity contribution in [3.63, 3.8) is 0 Å². The van der Waals surface area contributed by atoms with E-state index < -0.39 is 0 Å². The van der Waals surface area contributed by atoms with E-state index in [0.29, 0.717) is 5.69 Å². The summed E-state index contributed by atoms with van der Waals surface area (Å²) in [6.07, 6.45) is 5.40. The van der Waals surface area contributed by atoms with Gasteiger partial charge in [0, 0.05) is 18.4 Å². The zero-order valence-corrected chi connectivity index (χ0v) is 15.6. The van der Waals surface area contributed by atoms with E-state index in [0.717, 1.165) is 25.3 Å². The molecule has 0 unspecified atom stereocenters. The molecule has 2 heterocycles. The van der Waals surface area contributed by atoms with Crippen molar-refractivity contribution >= 4 is 11.6 Å². The van der Waals surface area contributed by atoms with Gasteiger partial charge in [-0.25, -0.2) is 9.07 Å². The number of carbonyl (C=O) groups excluding carboxylic acids is 1. The van der Waals surface area contributed by atoms with Crippen LogP contribution in [0.4, 0.5) is 10.1 Å². The minimum atomic E-state index is -0.386. The predicted octanol–water partition coefficient (Wildman–Crippen LogP) is 4.25. The Labute approximate surface area is 163 Å². The molecule has 5 nitrogen and oxygen atoms in total. The standard InChI is InChI=1S/C22H23FN4O/c23-19-9-2-3-10-21(19)27-14-11-20(25-27)22(28)24-18-8-6-7-17(15-18)16-26-12-4-1-5-13-26/h2-3,6-11,14-15H,1,4-5,12-13,16H2,(H,24,28). The van der Waals surface area contributed by atoms with E-state index in [1.54, 1.807) is 30.5 Å². The highest BCUT2D eigenvalue weighted by Gasteiger charge is 2.14. The number of likely N-dealkylation sites (tertiary alicyclic amines) is 1. The van der Waals surface area contributed by atoms with Crippen molar-refractivity contribution in [2.24, 2.45) is 0 Å². The number of benzene rings is 2. The Kier molecular flexibility index (Phi) is 5.48. The fraction of sp³-hybridized carbons (Fsp3) is 0.273. The van der Waals surface area contributed by atoms with E-state index in [-0.39, 0.29) is 17.4 Å². The van der Waals surface area contributed by atoms with Crippen LogP contribution in [0.2, 0.25) is 0 Å². The van der Waals surface area contributed by atoms with Crippen LogP contribution in [-0.2, 0) is 6.54 Å². The Bertz CT molecular complexity index is 962. The number of para-hydroxylation sites is 1. The molecule has 4 rings (SSSR count). The van der Waals surface area contributed by atoms with Crippen LogP contribution in [-0.4, -0.2) is 33.7 Å². The van der Waals surface area contributed by atoms with Crippen LogP contribution in [0.15, 0.2) is 60.8 Å². The Morgan fingerprint density at radius 2 is 1.86 bits per heavy atom. The maximum Gasteiger partial charge on any atom is 0.276 e. The third kappa shape index (κ3) is 4.28. The summed E-state index contributed by atoms with van der Waals surface area (Å²) in [7, 11) is 0. The molecule has 1 N–H and O–H groups in total. The smallest absolute Gasteiger partial charge is 0.276 e. The van der Waals surface area contributed by atoms with Gasteiger partial charge in [-0.2, -0.15) is 5.10 Å². The van der Waals surface area contributed by atoms with Gasteiger partial charge in [-0.1, -0.05) is 30.7 Å². The summed E-state index contributed by atoms with van der Waals surface area (Å²) >= 11 is 0. The molecule has 1 amide bonds. The van der Waals surface area contributed by atoms with Crippen molar-refractivity contribution in [2.75, 3.05) is 18.4 Å². The van der Waals surface area contributed by atoms with E-state index in [2.05, 4.69) is 21.4 Å². The Morgan fingerprint density at radius 3 is 2.68 bits per heavy atom. The highest BCUT2D eigenvalue weighted by Crippen LogP contribution is 2.17. The Balaban J connectivity index is 1.44. The van der Waals surface area contributed by atoms with E-state index in [1.807, 2.05) is 18.2 Å². The first-order valence-electron chi connectivity index (χ1n) is 9.62. The summed E-state index contributed by atoms with van der Waals surface area (Å²) in [4.78, 5) is 15.0. The van der Waals surface area contributed by atoms with Gasteiger partial charge in [0.15, 0.2) is 5.69 Å². The van der Waals surface area contributed by atoms with E-state index in [4.69, 9.17) is 0 Å². The molecule has 1 aliphatic rings. The van der Waals surface area contributed by atoms with E-state index in [9.17, 15) is 9.18 Å². The fourth-order valence-electron chi connectivity index (χ4n) is 3.54. The van der Waals surface area contributed by atoms with Crippen LogP contribution < -0.4 is 5.32 Å². The second kappa shape index (κ2) is 8.35. The van der Waals surface area contributed by atoms with Gasteiger partial charge in [-0.3, -0.25) is 9.69 Å². The third-order valence-electron chi connectivity index (χ3n) is 4.96. The number of anilines is 1. The molecule has 1 fully saturated rings. The van der Waals surface area contributed by atoms with Gasteiger partial charge in [-0.05, 0) is 61.8 Å². The summed E-state index contributed by atoms with van der Waals surface area (Å²) in [5, 5.41) is 7.10. The van der Waals surface area contributed by atoms with Gasteiger partial charge >= 0.3 is 0 Å². The second-order valence-corrected chi connectivity index (χ2v) is 7.09. The molecular weight excluding hydrogens is 355 g/mol. The van der Waals surface area contributed by atoms with Crippen molar-refractivity contribution < 1.29 is 9.18 Å². The first-order chi connectivity index (χ1) is 13.7. The summed E-state index contributed by atoms with van der Waals surface area (Å²) in [5.41, 5.74) is 2.46. The summed E-state index contributed by atoms with van der Waals surface area (Å²) in [5.74, 6) is -0.701. The molecule has 0 saturated carbocycles. The molecule has 0 atom stereocenters. The number of aromatic nitrogens is 2. The number of piperidine rings is 1. The zero-order valence-electron chi connectivity index (χ0n) is 15.6. The largest absolute Gasteiger partial charge is 0.321 e. The first kappa shape index (κ1) is 18.4. The molecule has 144 valence electrons. The third-order valence-corrected chi connectivity index (χ3v) is 4.96. The lowest BCUT2D eigenvalue weighted by atomic mass is 10.1. The average molecular weight is 378 g/mol. The van der Waals surface area contributed by atoms with Crippen molar-refractivity contribution in [1.82, 2.24) is 14.7 Å². The number of hydrogen-bond acceptors (Lipinski definition) is 3. The van der Waals surface area contributed by atoms with Gasteiger partial charge < -0.3 is 5.32 Å². The predicted molar refractivity (Wildman–Crippen MR) is 107 cm³/mol. The number of rotatable bonds is 5. The van der Waals surface area contributed by atoms with Crippen LogP contribution in [0.25, 0.3) is 5.69 Å². The minimum absolute atomic E-state index is 0.240. The average Bonchev–Trinajstić information content (AvgIpc) is 3.20. The molecule has 3 aromatic rings. The molecule has 1 saturated heterocycles. The second-order valence-electron chi connectivity index (χ2n) is 7.09. The first-order valence-corrected chi connectivity index (χ1v) is 9.62. The summed E-state index contributed by atoms with van der Waals surface area (Å²) < 4.78 is 15.3. The van der Waals surface area contributed by atoms with Gasteiger partial charge in [-0.15, -0.1) is 0 Å². The molecule has 6 heteroatoms. The van der Waals surface area contributed by atoms with Crippen LogP contribution in [0.1, 0.15) is 35.3 Å². The molecule has 2 aromatic carbocycles. The molecule has 28 heavy (non-hydrogen) atoms. The van der Waals surface area contributed by atoms with Crippen molar-refractivity contribution in [1.29, 1.82) is 0 Å². The Morgan fingerprint density at radius 1 is 1.04 bits per heavy atom. The van der Waals surface area contributed by atoms with Gasteiger partial charge in [0.2, 0.25) is 0 Å². The quantitative estimate of drug-likeness (QED) is 0.722. The lowest BCUT2D eigenvalue weighted by molar-refractivity contribution is 0.102. The van der Waals surface area contributed by atoms with Gasteiger partial charge in [0.05, 0.1) is 0 Å². The number of amides is 1. The van der Waals surface area contributed by atoms with E-state index >= 15 is 0 Å². The van der Waals surface area contributed by atoms with Crippen LogP contribution in [0.5, 0.6) is 0 Å². The molecular formula is C22H23FN4O. The molecule has 0 bridgehead atoms. The SMILES string of the molecule is O=C(Nc1cccc(CN2CCCCC2)c1)c1ccn(-c2ccccc2F)n1. The highest BCUT2D eigenvalue weighted by molar-refractivity contribution is 6.02. The molecule has 1 aromatic heterocycles. The minimum Gasteiger partial charge on any atom is -0.321 e. The number of nitrogens with one attached hydrogen (secondary N) is 1. The maximum atomic E-state index is 13.9.